The Hall–Kier alpha value is -0.170. The van der Waals surface area contributed by atoms with Gasteiger partial charge in [-0.1, -0.05) is 0 Å². The van der Waals surface area contributed by atoms with Crippen LogP contribution in [0.25, 0.3) is 0 Å². The highest BCUT2D eigenvalue weighted by atomic mass is 32.2. The van der Waals surface area contributed by atoms with Crippen LogP contribution >= 0.6 is 0 Å². The first-order valence-corrected chi connectivity index (χ1v) is 8.16. The van der Waals surface area contributed by atoms with Crippen molar-refractivity contribution in [1.82, 2.24) is 9.21 Å². The number of nitrogens with zero attached hydrogens (tertiary/aromatic N) is 2. The second-order valence-electron chi connectivity index (χ2n) is 5.05. The molecular weight excluding hydrogens is 240 g/mol. The summed E-state index contributed by atoms with van der Waals surface area (Å²) < 4.78 is 29.9. The summed E-state index contributed by atoms with van der Waals surface area (Å²) in [5.74, 6) is 0.639. The first-order chi connectivity index (χ1) is 8.05. The molecule has 0 aromatic carbocycles. The summed E-state index contributed by atoms with van der Waals surface area (Å²) in [6, 6.07) is 0. The molecule has 0 spiro atoms. The van der Waals surface area contributed by atoms with E-state index in [-0.39, 0.29) is 0 Å². The smallest absolute Gasteiger partial charge is 0.211 e. The predicted octanol–water partition coefficient (Wildman–Crippen LogP) is -0.00980. The minimum atomic E-state index is -3.02. The molecule has 2 fully saturated rings. The van der Waals surface area contributed by atoms with E-state index in [2.05, 4.69) is 4.90 Å². The summed E-state index contributed by atoms with van der Waals surface area (Å²) in [6.45, 7) is 5.95. The second kappa shape index (κ2) is 5.65. The highest BCUT2D eigenvalue weighted by Crippen LogP contribution is 2.15. The molecule has 2 rings (SSSR count). The Morgan fingerprint density at radius 1 is 1.24 bits per heavy atom. The molecule has 100 valence electrons. The standard InChI is InChI=1S/C11H22N2O3S/c1-17(14,15)13-5-2-4-12(6-7-13)9-11-3-8-16-10-11/h11H,2-10H2,1H3. The first kappa shape index (κ1) is 13.3. The van der Waals surface area contributed by atoms with Crippen LogP contribution in [0.4, 0.5) is 0 Å². The van der Waals surface area contributed by atoms with E-state index in [1.165, 1.54) is 6.26 Å². The van der Waals surface area contributed by atoms with Gasteiger partial charge in [0.25, 0.3) is 0 Å². The van der Waals surface area contributed by atoms with Gasteiger partial charge in [-0.25, -0.2) is 12.7 Å². The van der Waals surface area contributed by atoms with Crippen LogP contribution in [0.1, 0.15) is 12.8 Å². The summed E-state index contributed by atoms with van der Waals surface area (Å²) >= 11 is 0. The zero-order valence-corrected chi connectivity index (χ0v) is 11.3. The lowest BCUT2D eigenvalue weighted by molar-refractivity contribution is 0.168. The van der Waals surface area contributed by atoms with Crippen LogP contribution in [-0.4, -0.2) is 69.8 Å². The van der Waals surface area contributed by atoms with Crippen molar-refractivity contribution < 1.29 is 13.2 Å². The molecule has 0 amide bonds. The molecule has 1 unspecified atom stereocenters. The molecule has 5 nitrogen and oxygen atoms in total. The van der Waals surface area contributed by atoms with Crippen LogP contribution in [0, 0.1) is 5.92 Å². The molecule has 6 heteroatoms. The third-order valence-electron chi connectivity index (χ3n) is 3.56. The Labute approximate surface area is 104 Å². The van der Waals surface area contributed by atoms with Crippen LogP contribution in [0.3, 0.4) is 0 Å². The van der Waals surface area contributed by atoms with Gasteiger partial charge in [0, 0.05) is 32.8 Å². The molecule has 0 bridgehead atoms. The van der Waals surface area contributed by atoms with Gasteiger partial charge >= 0.3 is 0 Å². The normalized spacial score (nSPS) is 29.4. The Balaban J connectivity index is 1.83. The van der Waals surface area contributed by atoms with Crippen LogP contribution in [0.2, 0.25) is 0 Å². The molecule has 1 atom stereocenters. The molecule has 17 heavy (non-hydrogen) atoms. The average Bonchev–Trinajstić information content (AvgIpc) is 2.61. The van der Waals surface area contributed by atoms with E-state index in [9.17, 15) is 8.42 Å². The highest BCUT2D eigenvalue weighted by Gasteiger charge is 2.24. The molecule has 2 aliphatic rings. The fraction of sp³-hybridized carbons (Fsp3) is 1.00. The van der Waals surface area contributed by atoms with Gasteiger partial charge in [0.2, 0.25) is 10.0 Å². The lowest BCUT2D eigenvalue weighted by Gasteiger charge is -2.23. The molecule has 0 aromatic rings. The molecule has 2 aliphatic heterocycles. The summed E-state index contributed by atoms with van der Waals surface area (Å²) in [7, 11) is -3.02. The van der Waals surface area contributed by atoms with Gasteiger partial charge in [-0.15, -0.1) is 0 Å². The Bertz CT molecular complexity index is 339. The van der Waals surface area contributed by atoms with Crippen molar-refractivity contribution in [2.75, 3.05) is 52.2 Å². The zero-order valence-electron chi connectivity index (χ0n) is 10.5. The number of ether oxygens (including phenoxy) is 1. The van der Waals surface area contributed by atoms with E-state index in [0.29, 0.717) is 19.0 Å². The molecule has 2 saturated heterocycles. The Morgan fingerprint density at radius 3 is 2.71 bits per heavy atom. The Kier molecular flexibility index (Phi) is 4.41. The largest absolute Gasteiger partial charge is 0.381 e. The van der Waals surface area contributed by atoms with Gasteiger partial charge < -0.3 is 9.64 Å². The van der Waals surface area contributed by atoms with Crippen molar-refractivity contribution in [3.63, 3.8) is 0 Å². The summed E-state index contributed by atoms with van der Waals surface area (Å²) in [4.78, 5) is 2.38. The molecule has 0 aromatic heterocycles. The summed E-state index contributed by atoms with van der Waals surface area (Å²) in [6.07, 6.45) is 3.38. The maximum absolute atomic E-state index is 11.5. The number of rotatable bonds is 3. The van der Waals surface area contributed by atoms with Crippen molar-refractivity contribution in [2.24, 2.45) is 5.92 Å². The fourth-order valence-corrected chi connectivity index (χ4v) is 3.43. The average molecular weight is 262 g/mol. The summed E-state index contributed by atoms with van der Waals surface area (Å²) in [5.41, 5.74) is 0. The quantitative estimate of drug-likeness (QED) is 0.718. The molecule has 2 heterocycles. The SMILES string of the molecule is CS(=O)(=O)N1CCCN(CC2CCOC2)CC1. The monoisotopic (exact) mass is 262 g/mol. The second-order valence-corrected chi connectivity index (χ2v) is 7.03. The predicted molar refractivity (Wildman–Crippen MR) is 66.4 cm³/mol. The Morgan fingerprint density at radius 2 is 2.06 bits per heavy atom. The maximum atomic E-state index is 11.5. The third kappa shape index (κ3) is 3.91. The van der Waals surface area contributed by atoms with Gasteiger partial charge in [-0.05, 0) is 25.3 Å². The zero-order chi connectivity index (χ0) is 12.3. The maximum Gasteiger partial charge on any atom is 0.211 e. The van der Waals surface area contributed by atoms with Crippen molar-refractivity contribution in [3.05, 3.63) is 0 Å². The molecule has 0 radical (unpaired) electrons. The van der Waals surface area contributed by atoms with Crippen molar-refractivity contribution in [3.8, 4) is 0 Å². The van der Waals surface area contributed by atoms with Crippen LogP contribution in [0.15, 0.2) is 0 Å². The molecular formula is C11H22N2O3S. The number of sulfonamides is 1. The van der Waals surface area contributed by atoms with Gasteiger partial charge in [-0.3, -0.25) is 0 Å². The fourth-order valence-electron chi connectivity index (χ4n) is 2.55. The highest BCUT2D eigenvalue weighted by molar-refractivity contribution is 7.88. The minimum Gasteiger partial charge on any atom is -0.381 e. The summed E-state index contributed by atoms with van der Waals surface area (Å²) in [5, 5.41) is 0. The molecule has 0 N–H and O–H groups in total. The topological polar surface area (TPSA) is 49.9 Å². The van der Waals surface area contributed by atoms with E-state index < -0.39 is 10.0 Å². The van der Waals surface area contributed by atoms with E-state index in [1.807, 2.05) is 0 Å². The third-order valence-corrected chi connectivity index (χ3v) is 4.86. The van der Waals surface area contributed by atoms with Crippen molar-refractivity contribution in [2.45, 2.75) is 12.8 Å². The molecule has 0 aliphatic carbocycles. The van der Waals surface area contributed by atoms with Crippen LogP contribution < -0.4 is 0 Å². The van der Waals surface area contributed by atoms with E-state index in [0.717, 1.165) is 45.7 Å². The van der Waals surface area contributed by atoms with Crippen molar-refractivity contribution in [1.29, 1.82) is 0 Å². The van der Waals surface area contributed by atoms with Crippen LogP contribution in [-0.2, 0) is 14.8 Å². The number of hydrogen-bond donors (Lipinski definition) is 0. The van der Waals surface area contributed by atoms with E-state index >= 15 is 0 Å². The van der Waals surface area contributed by atoms with Crippen molar-refractivity contribution >= 4 is 10.0 Å². The minimum absolute atomic E-state index is 0.631. The lowest BCUT2D eigenvalue weighted by atomic mass is 10.1. The van der Waals surface area contributed by atoms with E-state index in [1.54, 1.807) is 4.31 Å². The number of hydrogen-bond acceptors (Lipinski definition) is 4. The van der Waals surface area contributed by atoms with Gasteiger partial charge in [-0.2, -0.15) is 0 Å². The molecule has 0 saturated carbocycles. The first-order valence-electron chi connectivity index (χ1n) is 6.31. The van der Waals surface area contributed by atoms with E-state index in [4.69, 9.17) is 4.74 Å². The van der Waals surface area contributed by atoms with Gasteiger partial charge in [0.15, 0.2) is 0 Å². The van der Waals surface area contributed by atoms with Crippen LogP contribution in [0.5, 0.6) is 0 Å². The van der Waals surface area contributed by atoms with Gasteiger partial charge in [0.05, 0.1) is 12.9 Å². The van der Waals surface area contributed by atoms with Gasteiger partial charge in [0.1, 0.15) is 0 Å². The lowest BCUT2D eigenvalue weighted by Crippen LogP contribution is -2.36.